The summed E-state index contributed by atoms with van der Waals surface area (Å²) in [6.07, 6.45) is 0. The van der Waals surface area contributed by atoms with Gasteiger partial charge in [-0.25, -0.2) is 4.79 Å². The molecule has 0 spiro atoms. The molecule has 0 radical (unpaired) electrons. The van der Waals surface area contributed by atoms with Crippen molar-refractivity contribution in [3.8, 4) is 5.75 Å². The van der Waals surface area contributed by atoms with E-state index in [4.69, 9.17) is 4.74 Å². The van der Waals surface area contributed by atoms with E-state index < -0.39 is 0 Å². The zero-order valence-electron chi connectivity index (χ0n) is 14.1. The van der Waals surface area contributed by atoms with Crippen molar-refractivity contribution in [2.75, 3.05) is 7.11 Å². The van der Waals surface area contributed by atoms with Crippen molar-refractivity contribution in [1.82, 2.24) is 20.3 Å². The topological polar surface area (TPSA) is 85.7 Å². The Labute approximate surface area is 144 Å². The second-order valence-corrected chi connectivity index (χ2v) is 6.23. The lowest BCUT2D eigenvalue weighted by Gasteiger charge is -2.13. The summed E-state index contributed by atoms with van der Waals surface area (Å²) in [5.74, 6) is 0.855. The number of methoxy groups -OCH3 is 1. The third kappa shape index (κ3) is 3.04. The van der Waals surface area contributed by atoms with Crippen LogP contribution >= 0.6 is 0 Å². The summed E-state index contributed by atoms with van der Waals surface area (Å²) in [5, 5.41) is 4.65. The first-order chi connectivity index (χ1) is 12.1. The minimum Gasteiger partial charge on any atom is -0.497 e. The Balaban J connectivity index is 1.50. The summed E-state index contributed by atoms with van der Waals surface area (Å²) in [6.45, 7) is 2.83. The first-order valence-electron chi connectivity index (χ1n) is 8.23. The van der Waals surface area contributed by atoms with Crippen LogP contribution in [0.4, 0.5) is 0 Å². The standard InChI is InChI=1S/C19H20N4O2/c1-11(12-3-5-17-18(9-12)23-19(24)22-17)20-10-14-7-13-8-15(25-2)4-6-16(13)21-14/h3-9,11,20-21H,10H2,1-2H3,(H2,22,23,24). The Kier molecular flexibility index (Phi) is 3.82. The minimum atomic E-state index is -0.179. The van der Waals surface area contributed by atoms with Crippen LogP contribution in [-0.2, 0) is 6.54 Å². The molecule has 4 N–H and O–H groups in total. The number of aromatic nitrogens is 3. The van der Waals surface area contributed by atoms with Crippen molar-refractivity contribution in [3.05, 3.63) is 64.2 Å². The lowest BCUT2D eigenvalue weighted by Crippen LogP contribution is -2.18. The van der Waals surface area contributed by atoms with Crippen molar-refractivity contribution < 1.29 is 4.74 Å². The van der Waals surface area contributed by atoms with Crippen LogP contribution in [0.1, 0.15) is 24.2 Å². The van der Waals surface area contributed by atoms with Gasteiger partial charge in [-0.05, 0) is 48.9 Å². The Bertz CT molecular complexity index is 1090. The van der Waals surface area contributed by atoms with E-state index in [0.717, 1.165) is 45.5 Å². The van der Waals surface area contributed by atoms with Gasteiger partial charge in [0.1, 0.15) is 5.75 Å². The Morgan fingerprint density at radius 3 is 2.64 bits per heavy atom. The maximum atomic E-state index is 11.4. The molecule has 2 aromatic heterocycles. The lowest BCUT2D eigenvalue weighted by atomic mass is 10.1. The van der Waals surface area contributed by atoms with Crippen LogP contribution in [0.25, 0.3) is 21.9 Å². The third-order valence-corrected chi connectivity index (χ3v) is 4.52. The van der Waals surface area contributed by atoms with Crippen LogP contribution in [0.5, 0.6) is 5.75 Å². The fraction of sp³-hybridized carbons (Fsp3) is 0.211. The number of hydrogen-bond acceptors (Lipinski definition) is 3. The summed E-state index contributed by atoms with van der Waals surface area (Å²) in [5.41, 5.74) is 4.81. The quantitative estimate of drug-likeness (QED) is 0.451. The highest BCUT2D eigenvalue weighted by Crippen LogP contribution is 2.22. The summed E-state index contributed by atoms with van der Waals surface area (Å²) in [7, 11) is 1.67. The van der Waals surface area contributed by atoms with Gasteiger partial charge in [0.2, 0.25) is 0 Å². The fourth-order valence-corrected chi connectivity index (χ4v) is 3.09. The Morgan fingerprint density at radius 1 is 1.00 bits per heavy atom. The second-order valence-electron chi connectivity index (χ2n) is 6.23. The van der Waals surface area contributed by atoms with E-state index in [1.54, 1.807) is 7.11 Å². The van der Waals surface area contributed by atoms with Crippen molar-refractivity contribution in [2.45, 2.75) is 19.5 Å². The van der Waals surface area contributed by atoms with E-state index in [0.29, 0.717) is 0 Å². The molecule has 6 heteroatoms. The predicted molar refractivity (Wildman–Crippen MR) is 99.0 cm³/mol. The molecular formula is C19H20N4O2. The van der Waals surface area contributed by atoms with Gasteiger partial charge in [-0.2, -0.15) is 0 Å². The van der Waals surface area contributed by atoms with Crippen molar-refractivity contribution >= 4 is 21.9 Å². The number of ether oxygens (including phenoxy) is 1. The first-order valence-corrected chi connectivity index (χ1v) is 8.23. The number of fused-ring (bicyclic) bond motifs is 2. The molecule has 0 aliphatic rings. The highest BCUT2D eigenvalue weighted by molar-refractivity contribution is 5.82. The van der Waals surface area contributed by atoms with E-state index in [-0.39, 0.29) is 11.7 Å². The highest BCUT2D eigenvalue weighted by atomic mass is 16.5. The molecule has 0 saturated carbocycles. The number of aromatic amines is 3. The first kappa shape index (κ1) is 15.5. The zero-order chi connectivity index (χ0) is 17.4. The van der Waals surface area contributed by atoms with Gasteiger partial charge in [-0.1, -0.05) is 6.07 Å². The Hall–Kier alpha value is -2.99. The largest absolute Gasteiger partial charge is 0.497 e. The molecule has 4 rings (SSSR count). The molecule has 0 amide bonds. The van der Waals surface area contributed by atoms with Crippen LogP contribution in [0.3, 0.4) is 0 Å². The SMILES string of the molecule is COc1ccc2[nH]c(CNC(C)c3ccc4[nH]c(=O)[nH]c4c3)cc2c1. The zero-order valence-corrected chi connectivity index (χ0v) is 14.1. The van der Waals surface area contributed by atoms with Gasteiger partial charge >= 0.3 is 5.69 Å². The molecule has 25 heavy (non-hydrogen) atoms. The highest BCUT2D eigenvalue weighted by Gasteiger charge is 2.09. The normalized spacial score (nSPS) is 12.7. The molecule has 1 unspecified atom stereocenters. The second kappa shape index (κ2) is 6.14. The minimum absolute atomic E-state index is 0.156. The molecule has 0 aliphatic carbocycles. The number of nitrogens with one attached hydrogen (secondary N) is 4. The van der Waals surface area contributed by atoms with E-state index >= 15 is 0 Å². The van der Waals surface area contributed by atoms with Crippen molar-refractivity contribution in [1.29, 1.82) is 0 Å². The van der Waals surface area contributed by atoms with Crippen LogP contribution in [0.2, 0.25) is 0 Å². The van der Waals surface area contributed by atoms with Gasteiger partial charge in [0.15, 0.2) is 0 Å². The number of imidazole rings is 1. The van der Waals surface area contributed by atoms with Gasteiger partial charge < -0.3 is 25.0 Å². The Morgan fingerprint density at radius 2 is 1.80 bits per heavy atom. The number of H-pyrrole nitrogens is 3. The molecule has 2 heterocycles. The van der Waals surface area contributed by atoms with Gasteiger partial charge in [-0.3, -0.25) is 0 Å². The van der Waals surface area contributed by atoms with Crippen molar-refractivity contribution in [2.24, 2.45) is 0 Å². The summed E-state index contributed by atoms with van der Waals surface area (Å²) < 4.78 is 5.27. The molecule has 0 saturated heterocycles. The molecule has 0 bridgehead atoms. The number of hydrogen-bond donors (Lipinski definition) is 4. The molecule has 6 nitrogen and oxygen atoms in total. The van der Waals surface area contributed by atoms with Crippen LogP contribution in [0.15, 0.2) is 47.3 Å². The number of benzene rings is 2. The fourth-order valence-electron chi connectivity index (χ4n) is 3.09. The smallest absolute Gasteiger partial charge is 0.323 e. The maximum Gasteiger partial charge on any atom is 0.323 e. The van der Waals surface area contributed by atoms with Crippen LogP contribution in [0, 0.1) is 0 Å². The van der Waals surface area contributed by atoms with E-state index in [1.165, 1.54) is 0 Å². The van der Waals surface area contributed by atoms with Gasteiger partial charge in [0.25, 0.3) is 0 Å². The predicted octanol–water partition coefficient (Wildman–Crippen LogP) is 3.20. The maximum absolute atomic E-state index is 11.4. The summed E-state index contributed by atoms with van der Waals surface area (Å²) in [6, 6.07) is 14.2. The van der Waals surface area contributed by atoms with Gasteiger partial charge in [0.05, 0.1) is 18.1 Å². The molecule has 2 aromatic carbocycles. The van der Waals surface area contributed by atoms with E-state index in [1.807, 2.05) is 36.4 Å². The third-order valence-electron chi connectivity index (χ3n) is 4.52. The molecule has 0 fully saturated rings. The molecule has 0 aliphatic heterocycles. The van der Waals surface area contributed by atoms with E-state index in [9.17, 15) is 4.79 Å². The van der Waals surface area contributed by atoms with Crippen molar-refractivity contribution in [3.63, 3.8) is 0 Å². The van der Waals surface area contributed by atoms with Gasteiger partial charge in [-0.15, -0.1) is 0 Å². The molecule has 1 atom stereocenters. The number of rotatable bonds is 5. The summed E-state index contributed by atoms with van der Waals surface area (Å²) in [4.78, 5) is 20.3. The summed E-state index contributed by atoms with van der Waals surface area (Å²) >= 11 is 0. The molecule has 128 valence electrons. The van der Waals surface area contributed by atoms with Crippen LogP contribution in [-0.4, -0.2) is 22.1 Å². The van der Waals surface area contributed by atoms with E-state index in [2.05, 4.69) is 33.3 Å². The monoisotopic (exact) mass is 336 g/mol. The lowest BCUT2D eigenvalue weighted by molar-refractivity contribution is 0.415. The van der Waals surface area contributed by atoms with Crippen LogP contribution < -0.4 is 15.7 Å². The van der Waals surface area contributed by atoms with Gasteiger partial charge in [0, 0.05) is 29.2 Å². The average molecular weight is 336 g/mol. The average Bonchev–Trinajstić information content (AvgIpc) is 3.19. The molecular weight excluding hydrogens is 316 g/mol. The molecule has 4 aromatic rings.